The molecule has 2 amide bonds. The Labute approximate surface area is 182 Å². The van der Waals surface area contributed by atoms with Gasteiger partial charge in [0, 0.05) is 37.2 Å². The third-order valence-electron chi connectivity index (χ3n) is 7.41. The molecule has 2 N–H and O–H groups in total. The summed E-state index contributed by atoms with van der Waals surface area (Å²) < 4.78 is 1.94. The topological polar surface area (TPSA) is 97.3 Å². The molecule has 4 saturated heterocycles. The molecule has 6 rings (SSSR count). The zero-order valence-electron chi connectivity index (χ0n) is 17.8. The molecule has 31 heavy (non-hydrogen) atoms. The van der Waals surface area contributed by atoms with Crippen molar-refractivity contribution in [3.63, 3.8) is 0 Å². The van der Waals surface area contributed by atoms with E-state index in [1.165, 1.54) is 0 Å². The van der Waals surface area contributed by atoms with Crippen LogP contribution < -0.4 is 5.73 Å². The summed E-state index contributed by atoms with van der Waals surface area (Å²) >= 11 is 0. The molecule has 1 aromatic heterocycles. The van der Waals surface area contributed by atoms with Crippen molar-refractivity contribution in [3.8, 4) is 11.3 Å². The number of likely N-dealkylation sites (tertiary alicyclic amines) is 1. The van der Waals surface area contributed by atoms with E-state index in [0.717, 1.165) is 43.7 Å². The van der Waals surface area contributed by atoms with Gasteiger partial charge in [0.05, 0.1) is 18.7 Å². The first-order valence-corrected chi connectivity index (χ1v) is 11.4. The number of nitrogens with two attached hydrogens (primary N) is 1. The highest BCUT2D eigenvalue weighted by Crippen LogP contribution is 2.38. The standard InChI is InChI=1S/C23H30N6O2/c24-22(30)17-6-9-27(10-7-17)23(31)20-14-28-11-8-18(20)12-19(28)13-29-15-21(25-26-29)16-4-2-1-3-5-16/h1-5,15,17-20H,6-14H2,(H2,24,30)/t18-,19-,20+/m1/s1. The van der Waals surface area contributed by atoms with Crippen molar-refractivity contribution < 1.29 is 9.59 Å². The molecule has 4 atom stereocenters. The monoisotopic (exact) mass is 422 g/mol. The van der Waals surface area contributed by atoms with Gasteiger partial charge in [0.25, 0.3) is 0 Å². The van der Waals surface area contributed by atoms with Crippen LogP contribution in [-0.2, 0) is 16.1 Å². The lowest BCUT2D eigenvalue weighted by atomic mass is 9.74. The number of aromatic nitrogens is 3. The molecule has 0 saturated carbocycles. The van der Waals surface area contributed by atoms with Gasteiger partial charge in [-0.1, -0.05) is 35.5 Å². The van der Waals surface area contributed by atoms with Gasteiger partial charge >= 0.3 is 0 Å². The first-order valence-electron chi connectivity index (χ1n) is 11.4. The maximum Gasteiger partial charge on any atom is 0.227 e. The van der Waals surface area contributed by atoms with E-state index < -0.39 is 0 Å². The third-order valence-corrected chi connectivity index (χ3v) is 7.41. The highest BCUT2D eigenvalue weighted by Gasteiger charge is 2.45. The van der Waals surface area contributed by atoms with Gasteiger partial charge in [-0.05, 0) is 38.1 Å². The second kappa shape index (κ2) is 8.42. The van der Waals surface area contributed by atoms with E-state index in [1.807, 2.05) is 46.1 Å². The fourth-order valence-corrected chi connectivity index (χ4v) is 5.57. The number of benzene rings is 1. The maximum absolute atomic E-state index is 13.2. The van der Waals surface area contributed by atoms with E-state index in [4.69, 9.17) is 5.73 Å². The van der Waals surface area contributed by atoms with Crippen LogP contribution in [0.4, 0.5) is 0 Å². The summed E-state index contributed by atoms with van der Waals surface area (Å²) in [5.74, 6) is 0.451. The van der Waals surface area contributed by atoms with E-state index in [2.05, 4.69) is 15.2 Å². The lowest BCUT2D eigenvalue weighted by molar-refractivity contribution is -0.146. The largest absolute Gasteiger partial charge is 0.369 e. The number of carbonyl (C=O) groups excluding carboxylic acids is 2. The maximum atomic E-state index is 13.2. The molecule has 2 aromatic rings. The smallest absolute Gasteiger partial charge is 0.227 e. The van der Waals surface area contributed by atoms with Crippen molar-refractivity contribution in [2.45, 2.75) is 38.3 Å². The molecule has 164 valence electrons. The summed E-state index contributed by atoms with van der Waals surface area (Å²) in [6.45, 7) is 3.98. The van der Waals surface area contributed by atoms with Crippen LogP contribution in [0.25, 0.3) is 11.3 Å². The minimum Gasteiger partial charge on any atom is -0.369 e. The molecule has 0 spiro atoms. The molecule has 4 fully saturated rings. The molecular weight excluding hydrogens is 392 g/mol. The summed E-state index contributed by atoms with van der Waals surface area (Å²) in [6.07, 6.45) is 5.51. The van der Waals surface area contributed by atoms with Gasteiger partial charge in [-0.3, -0.25) is 19.2 Å². The average molecular weight is 423 g/mol. The Hall–Kier alpha value is -2.74. The SMILES string of the molecule is NC(=O)C1CCN(C(=O)[C@H]2CN3CC[C@@H]2C[C@@H]3Cn2cc(-c3ccccc3)nn2)CC1. The van der Waals surface area contributed by atoms with Gasteiger partial charge in [-0.15, -0.1) is 5.10 Å². The van der Waals surface area contributed by atoms with Crippen LogP contribution in [0.3, 0.4) is 0 Å². The van der Waals surface area contributed by atoms with Crippen molar-refractivity contribution in [3.05, 3.63) is 36.5 Å². The Balaban J connectivity index is 1.19. The van der Waals surface area contributed by atoms with Gasteiger partial charge in [-0.2, -0.15) is 0 Å². The molecular formula is C23H30N6O2. The Kier molecular flexibility index (Phi) is 5.48. The van der Waals surface area contributed by atoms with E-state index in [0.29, 0.717) is 37.9 Å². The van der Waals surface area contributed by atoms with Crippen LogP contribution in [0.1, 0.15) is 25.7 Å². The second-order valence-electron chi connectivity index (χ2n) is 9.23. The summed E-state index contributed by atoms with van der Waals surface area (Å²) in [7, 11) is 0. The minimum atomic E-state index is -0.235. The van der Waals surface area contributed by atoms with Crippen LogP contribution in [0.15, 0.2) is 36.5 Å². The molecule has 1 unspecified atom stereocenters. The summed E-state index contributed by atoms with van der Waals surface area (Å²) in [5, 5.41) is 8.68. The second-order valence-corrected chi connectivity index (χ2v) is 9.23. The van der Waals surface area contributed by atoms with Gasteiger partial charge in [0.15, 0.2) is 0 Å². The van der Waals surface area contributed by atoms with Gasteiger partial charge < -0.3 is 10.6 Å². The molecule has 0 radical (unpaired) electrons. The fraction of sp³-hybridized carbons (Fsp3) is 0.565. The average Bonchev–Trinajstić information content (AvgIpc) is 3.28. The quantitative estimate of drug-likeness (QED) is 0.785. The van der Waals surface area contributed by atoms with Crippen LogP contribution >= 0.6 is 0 Å². The predicted octanol–water partition coefficient (Wildman–Crippen LogP) is 1.38. The first-order chi connectivity index (χ1) is 15.1. The Bertz CT molecular complexity index is 937. The molecule has 0 aliphatic carbocycles. The van der Waals surface area contributed by atoms with Crippen molar-refractivity contribution in [1.29, 1.82) is 0 Å². The molecule has 2 bridgehead atoms. The first kappa shape index (κ1) is 20.2. The Morgan fingerprint density at radius 3 is 2.52 bits per heavy atom. The number of nitrogens with zero attached hydrogens (tertiary/aromatic N) is 5. The Morgan fingerprint density at radius 1 is 1.06 bits per heavy atom. The fourth-order valence-electron chi connectivity index (χ4n) is 5.57. The molecule has 4 aliphatic heterocycles. The number of hydrogen-bond acceptors (Lipinski definition) is 5. The zero-order valence-corrected chi connectivity index (χ0v) is 17.8. The third kappa shape index (κ3) is 4.08. The zero-order chi connectivity index (χ0) is 21.4. The van der Waals surface area contributed by atoms with E-state index in [-0.39, 0.29) is 23.7 Å². The number of carbonyl (C=O) groups is 2. The van der Waals surface area contributed by atoms with Crippen molar-refractivity contribution >= 4 is 11.8 Å². The number of primary amides is 1. The number of rotatable bonds is 5. The summed E-state index contributed by atoms with van der Waals surface area (Å²) in [5.41, 5.74) is 7.40. The van der Waals surface area contributed by atoms with Crippen LogP contribution in [0.2, 0.25) is 0 Å². The minimum absolute atomic E-state index is 0.0748. The van der Waals surface area contributed by atoms with Crippen LogP contribution in [-0.4, -0.2) is 68.8 Å². The Morgan fingerprint density at radius 2 is 1.84 bits per heavy atom. The lowest BCUT2D eigenvalue weighted by Crippen LogP contribution is -2.59. The molecule has 8 heteroatoms. The lowest BCUT2D eigenvalue weighted by Gasteiger charge is -2.50. The highest BCUT2D eigenvalue weighted by molar-refractivity contribution is 5.81. The van der Waals surface area contributed by atoms with Crippen molar-refractivity contribution in [2.24, 2.45) is 23.5 Å². The molecule has 8 nitrogen and oxygen atoms in total. The molecule has 4 aliphatic rings. The van der Waals surface area contributed by atoms with Gasteiger partial charge in [0.2, 0.25) is 11.8 Å². The molecule has 5 heterocycles. The summed E-state index contributed by atoms with van der Waals surface area (Å²) in [6, 6.07) is 10.5. The van der Waals surface area contributed by atoms with E-state index in [1.54, 1.807) is 0 Å². The van der Waals surface area contributed by atoms with Crippen LogP contribution in [0, 0.1) is 17.8 Å². The summed E-state index contributed by atoms with van der Waals surface area (Å²) in [4.78, 5) is 29.0. The van der Waals surface area contributed by atoms with E-state index >= 15 is 0 Å². The van der Waals surface area contributed by atoms with E-state index in [9.17, 15) is 9.59 Å². The van der Waals surface area contributed by atoms with Gasteiger partial charge in [0.1, 0.15) is 5.69 Å². The predicted molar refractivity (Wildman–Crippen MR) is 116 cm³/mol. The van der Waals surface area contributed by atoms with Crippen LogP contribution in [0.5, 0.6) is 0 Å². The van der Waals surface area contributed by atoms with Gasteiger partial charge in [-0.25, -0.2) is 0 Å². The highest BCUT2D eigenvalue weighted by atomic mass is 16.2. The number of piperidine rings is 4. The van der Waals surface area contributed by atoms with Crippen molar-refractivity contribution in [2.75, 3.05) is 26.2 Å². The number of hydrogen-bond donors (Lipinski definition) is 1. The van der Waals surface area contributed by atoms with Crippen molar-refractivity contribution in [1.82, 2.24) is 24.8 Å². The molecule has 1 aromatic carbocycles. The number of amides is 2. The normalized spacial score (nSPS) is 28.6. The number of fused-ring (bicyclic) bond motifs is 3.